The van der Waals surface area contributed by atoms with Crippen LogP contribution < -0.4 is 10.2 Å². The number of ether oxygens (including phenoxy) is 1. The number of halogens is 1. The molecule has 0 aliphatic carbocycles. The van der Waals surface area contributed by atoms with Crippen LogP contribution in [0.3, 0.4) is 0 Å². The molecule has 2 N–H and O–H groups in total. The molecule has 0 spiro atoms. The lowest BCUT2D eigenvalue weighted by Gasteiger charge is -2.34. The summed E-state index contributed by atoms with van der Waals surface area (Å²) in [5.41, 5.74) is 5.37. The van der Waals surface area contributed by atoms with Gasteiger partial charge in [0, 0.05) is 60.3 Å². The van der Waals surface area contributed by atoms with Gasteiger partial charge in [0.25, 0.3) is 0 Å². The second kappa shape index (κ2) is 11.5. The normalized spacial score (nSPS) is 14.0. The van der Waals surface area contributed by atoms with Crippen molar-refractivity contribution in [3.63, 3.8) is 0 Å². The average Bonchev–Trinajstić information content (AvgIpc) is 3.34. The highest BCUT2D eigenvalue weighted by Crippen LogP contribution is 2.40. The molecule has 2 aromatic carbocycles. The van der Waals surface area contributed by atoms with Gasteiger partial charge < -0.3 is 24.8 Å². The van der Waals surface area contributed by atoms with Gasteiger partial charge in [-0.15, -0.1) is 0 Å². The second-order valence-corrected chi connectivity index (χ2v) is 10.6. The SMILES string of the molecule is C=CC(=O)Nc1cc(-c2c(-c3ccc(N4CCN(C)CC4)cc3)[nH]c3ncc(C(=O)OC(C)C)cc23)cc(F)c1C. The number of hydrogen-bond acceptors (Lipinski definition) is 6. The Labute approximate surface area is 238 Å². The first-order valence-corrected chi connectivity index (χ1v) is 13.6. The summed E-state index contributed by atoms with van der Waals surface area (Å²) in [5.74, 6) is -1.41. The van der Waals surface area contributed by atoms with Crippen LogP contribution in [-0.4, -0.2) is 66.1 Å². The number of hydrogen-bond donors (Lipinski definition) is 2. The Balaban J connectivity index is 1.65. The number of benzene rings is 2. The molecule has 3 heterocycles. The van der Waals surface area contributed by atoms with Crippen molar-refractivity contribution in [2.45, 2.75) is 26.9 Å². The van der Waals surface area contributed by atoms with E-state index < -0.39 is 17.7 Å². The minimum Gasteiger partial charge on any atom is -0.459 e. The Morgan fingerprint density at radius 2 is 1.80 bits per heavy atom. The molecule has 0 atom stereocenters. The molecule has 212 valence electrons. The van der Waals surface area contributed by atoms with Crippen molar-refractivity contribution < 1.29 is 18.7 Å². The Kier molecular flexibility index (Phi) is 7.90. The molecule has 0 saturated carbocycles. The zero-order chi connectivity index (χ0) is 29.3. The van der Waals surface area contributed by atoms with Gasteiger partial charge in [-0.1, -0.05) is 18.7 Å². The van der Waals surface area contributed by atoms with E-state index in [-0.39, 0.29) is 11.7 Å². The van der Waals surface area contributed by atoms with Gasteiger partial charge in [-0.05, 0) is 75.4 Å². The molecule has 0 radical (unpaired) electrons. The molecule has 5 rings (SSSR count). The monoisotopic (exact) mass is 555 g/mol. The van der Waals surface area contributed by atoms with E-state index in [0.717, 1.165) is 49.2 Å². The Morgan fingerprint density at radius 1 is 1.10 bits per heavy atom. The van der Waals surface area contributed by atoms with Crippen molar-refractivity contribution in [3.8, 4) is 22.4 Å². The van der Waals surface area contributed by atoms with Gasteiger partial charge in [0.1, 0.15) is 11.5 Å². The lowest BCUT2D eigenvalue weighted by Crippen LogP contribution is -2.44. The van der Waals surface area contributed by atoms with Gasteiger partial charge in [0.15, 0.2) is 0 Å². The van der Waals surface area contributed by atoms with E-state index >= 15 is 4.39 Å². The van der Waals surface area contributed by atoms with Crippen LogP contribution >= 0.6 is 0 Å². The average molecular weight is 556 g/mol. The molecular weight excluding hydrogens is 521 g/mol. The van der Waals surface area contributed by atoms with Crippen molar-refractivity contribution in [3.05, 3.63) is 78.3 Å². The molecule has 0 bridgehead atoms. The molecule has 41 heavy (non-hydrogen) atoms. The number of pyridine rings is 1. The predicted molar refractivity (Wildman–Crippen MR) is 161 cm³/mol. The van der Waals surface area contributed by atoms with E-state index in [1.54, 1.807) is 32.9 Å². The first-order chi connectivity index (χ1) is 19.6. The third-order valence-electron chi connectivity index (χ3n) is 7.33. The van der Waals surface area contributed by atoms with E-state index in [1.807, 2.05) is 12.1 Å². The molecule has 8 nitrogen and oxygen atoms in total. The number of carbonyl (C=O) groups is 2. The van der Waals surface area contributed by atoms with Crippen LogP contribution in [0.4, 0.5) is 15.8 Å². The van der Waals surface area contributed by atoms with Crippen LogP contribution in [0.1, 0.15) is 29.8 Å². The van der Waals surface area contributed by atoms with E-state index in [2.05, 4.69) is 50.8 Å². The number of likely N-dealkylation sites (N-methyl/N-ethyl adjacent to an activating group) is 1. The summed E-state index contributed by atoms with van der Waals surface area (Å²) in [6.45, 7) is 12.6. The number of H-pyrrole nitrogens is 1. The molecule has 0 unspecified atom stereocenters. The molecule has 1 aliphatic rings. The Bertz CT molecular complexity index is 1620. The zero-order valence-electron chi connectivity index (χ0n) is 23.8. The number of rotatable bonds is 7. The maximum atomic E-state index is 15.3. The van der Waals surface area contributed by atoms with Gasteiger partial charge >= 0.3 is 5.97 Å². The van der Waals surface area contributed by atoms with E-state index in [1.165, 1.54) is 12.3 Å². The molecule has 9 heteroatoms. The molecule has 1 fully saturated rings. The number of nitrogens with one attached hydrogen (secondary N) is 2. The Hall–Kier alpha value is -4.50. The fourth-order valence-electron chi connectivity index (χ4n) is 5.02. The summed E-state index contributed by atoms with van der Waals surface area (Å²) in [4.78, 5) is 37.4. The standard InChI is InChI=1S/C32H34FN5O3/c1-6-28(39)35-27-17-22(16-26(33)20(27)4)29-25-15-23(32(40)41-19(2)3)18-34-31(25)36-30(29)21-7-9-24(10-8-21)38-13-11-37(5)12-14-38/h6-10,15-19H,1,11-14H2,2-5H3,(H,34,36)(H,35,39). The topological polar surface area (TPSA) is 90.6 Å². The third-order valence-corrected chi connectivity index (χ3v) is 7.33. The largest absolute Gasteiger partial charge is 0.459 e. The molecular formula is C32H34FN5O3. The summed E-state index contributed by atoms with van der Waals surface area (Å²) in [7, 11) is 2.13. The molecule has 4 aromatic rings. The van der Waals surface area contributed by atoms with Gasteiger partial charge in [-0.25, -0.2) is 14.2 Å². The third kappa shape index (κ3) is 5.85. The van der Waals surface area contributed by atoms with Crippen molar-refractivity contribution in [2.24, 2.45) is 0 Å². The molecule has 1 amide bonds. The molecule has 1 aliphatic heterocycles. The number of carbonyl (C=O) groups excluding carboxylic acids is 2. The molecule has 1 saturated heterocycles. The fourth-order valence-corrected chi connectivity index (χ4v) is 5.02. The van der Waals surface area contributed by atoms with Crippen LogP contribution in [0.2, 0.25) is 0 Å². The second-order valence-electron chi connectivity index (χ2n) is 10.6. The van der Waals surface area contributed by atoms with Crippen molar-refractivity contribution in [1.82, 2.24) is 14.9 Å². The highest BCUT2D eigenvalue weighted by Gasteiger charge is 2.22. The number of aromatic amines is 1. The van der Waals surface area contributed by atoms with Gasteiger partial charge in [-0.3, -0.25) is 4.79 Å². The highest BCUT2D eigenvalue weighted by molar-refractivity contribution is 6.06. The van der Waals surface area contributed by atoms with Crippen LogP contribution in [0, 0.1) is 12.7 Å². The van der Waals surface area contributed by atoms with E-state index in [0.29, 0.717) is 33.4 Å². The van der Waals surface area contributed by atoms with Crippen LogP contribution in [0.15, 0.2) is 61.3 Å². The lowest BCUT2D eigenvalue weighted by atomic mass is 9.96. The first kappa shape index (κ1) is 28.0. The predicted octanol–water partition coefficient (Wildman–Crippen LogP) is 5.79. The van der Waals surface area contributed by atoms with Crippen LogP contribution in [0.25, 0.3) is 33.4 Å². The summed E-state index contributed by atoms with van der Waals surface area (Å²) < 4.78 is 20.7. The quantitative estimate of drug-likeness (QED) is 0.222. The summed E-state index contributed by atoms with van der Waals surface area (Å²) >= 11 is 0. The number of nitrogens with zero attached hydrogens (tertiary/aromatic N) is 3. The van der Waals surface area contributed by atoms with Gasteiger partial charge in [0.2, 0.25) is 5.91 Å². The number of esters is 1. The molecule has 2 aromatic heterocycles. The first-order valence-electron chi connectivity index (χ1n) is 13.6. The zero-order valence-corrected chi connectivity index (χ0v) is 23.8. The lowest BCUT2D eigenvalue weighted by molar-refractivity contribution is -0.111. The van der Waals surface area contributed by atoms with Crippen molar-refractivity contribution in [1.29, 1.82) is 0 Å². The smallest absolute Gasteiger partial charge is 0.339 e. The number of amides is 1. The highest BCUT2D eigenvalue weighted by atomic mass is 19.1. The summed E-state index contributed by atoms with van der Waals surface area (Å²) in [6, 6.07) is 13.1. The number of fused-ring (bicyclic) bond motifs is 1. The minimum absolute atomic E-state index is 0.288. The summed E-state index contributed by atoms with van der Waals surface area (Å²) in [6.07, 6.45) is 2.32. The minimum atomic E-state index is -0.492. The maximum Gasteiger partial charge on any atom is 0.339 e. The van der Waals surface area contributed by atoms with E-state index in [9.17, 15) is 9.59 Å². The van der Waals surface area contributed by atoms with Gasteiger partial charge in [0.05, 0.1) is 17.4 Å². The van der Waals surface area contributed by atoms with Crippen LogP contribution in [0.5, 0.6) is 0 Å². The van der Waals surface area contributed by atoms with E-state index in [4.69, 9.17) is 4.74 Å². The van der Waals surface area contributed by atoms with Crippen molar-refractivity contribution in [2.75, 3.05) is 43.4 Å². The maximum absolute atomic E-state index is 15.3. The van der Waals surface area contributed by atoms with Crippen LogP contribution in [-0.2, 0) is 9.53 Å². The number of piperazine rings is 1. The summed E-state index contributed by atoms with van der Waals surface area (Å²) in [5, 5.41) is 3.33. The number of anilines is 2. The Morgan fingerprint density at radius 3 is 2.46 bits per heavy atom. The number of aromatic nitrogens is 2. The van der Waals surface area contributed by atoms with Gasteiger partial charge in [-0.2, -0.15) is 0 Å². The van der Waals surface area contributed by atoms with Crippen molar-refractivity contribution >= 4 is 34.3 Å². The fraction of sp³-hybridized carbons (Fsp3) is 0.281.